The van der Waals surface area contributed by atoms with E-state index in [1.807, 2.05) is 19.2 Å². The average molecular weight is 125 g/mol. The van der Waals surface area contributed by atoms with Crippen molar-refractivity contribution in [2.75, 3.05) is 6.54 Å². The van der Waals surface area contributed by atoms with Gasteiger partial charge in [0.05, 0.1) is 0 Å². The summed E-state index contributed by atoms with van der Waals surface area (Å²) in [6, 6.07) is 0. The molecular formula is C7H11NO. The van der Waals surface area contributed by atoms with Gasteiger partial charge in [0.2, 0.25) is 5.91 Å². The molecule has 0 atom stereocenters. The van der Waals surface area contributed by atoms with E-state index in [-0.39, 0.29) is 5.91 Å². The lowest BCUT2D eigenvalue weighted by atomic mass is 10.4. The first-order chi connectivity index (χ1) is 4.34. The molecule has 1 fully saturated rings. The van der Waals surface area contributed by atoms with Crippen LogP contribution in [0.1, 0.15) is 19.8 Å². The lowest BCUT2D eigenvalue weighted by molar-refractivity contribution is -0.125. The Labute approximate surface area is 55.2 Å². The summed E-state index contributed by atoms with van der Waals surface area (Å²) in [6.07, 6.45) is 5.48. The zero-order chi connectivity index (χ0) is 6.69. The summed E-state index contributed by atoms with van der Waals surface area (Å²) in [7, 11) is 0. The number of carbonyl (C=O) groups is 1. The zero-order valence-electron chi connectivity index (χ0n) is 5.63. The molecule has 0 spiro atoms. The van der Waals surface area contributed by atoms with E-state index in [1.54, 1.807) is 4.90 Å². The van der Waals surface area contributed by atoms with Crippen LogP contribution in [0.5, 0.6) is 0 Å². The molecule has 0 N–H and O–H groups in total. The molecule has 2 heteroatoms. The van der Waals surface area contributed by atoms with E-state index in [0.29, 0.717) is 0 Å². The van der Waals surface area contributed by atoms with Crippen molar-refractivity contribution in [3.8, 4) is 0 Å². The van der Waals surface area contributed by atoms with Crippen molar-refractivity contribution in [2.24, 2.45) is 0 Å². The summed E-state index contributed by atoms with van der Waals surface area (Å²) < 4.78 is 0. The van der Waals surface area contributed by atoms with Crippen LogP contribution in [0.4, 0.5) is 0 Å². The Hall–Kier alpha value is -0.790. The van der Waals surface area contributed by atoms with Crippen molar-refractivity contribution in [3.63, 3.8) is 0 Å². The van der Waals surface area contributed by atoms with Gasteiger partial charge < -0.3 is 4.90 Å². The Morgan fingerprint density at radius 1 is 1.67 bits per heavy atom. The summed E-state index contributed by atoms with van der Waals surface area (Å²) in [5, 5.41) is 0. The van der Waals surface area contributed by atoms with Crippen molar-refractivity contribution >= 4 is 5.91 Å². The summed E-state index contributed by atoms with van der Waals surface area (Å²) in [6.45, 7) is 2.83. The fourth-order valence-corrected chi connectivity index (χ4v) is 1.01. The first-order valence-electron chi connectivity index (χ1n) is 3.27. The predicted molar refractivity (Wildman–Crippen MR) is 35.8 cm³/mol. The van der Waals surface area contributed by atoms with Crippen molar-refractivity contribution in [3.05, 3.63) is 12.3 Å². The second-order valence-corrected chi connectivity index (χ2v) is 2.17. The second kappa shape index (κ2) is 2.67. The van der Waals surface area contributed by atoms with Gasteiger partial charge >= 0.3 is 0 Å². The lowest BCUT2D eigenvalue weighted by Crippen LogP contribution is -2.16. The van der Waals surface area contributed by atoms with E-state index in [4.69, 9.17) is 0 Å². The smallest absolute Gasteiger partial charge is 0.226 e. The molecule has 0 aromatic rings. The van der Waals surface area contributed by atoms with Crippen LogP contribution in [-0.2, 0) is 4.79 Å². The number of allylic oxidation sites excluding steroid dienone is 1. The average Bonchev–Trinajstić information content (AvgIpc) is 2.18. The van der Waals surface area contributed by atoms with Gasteiger partial charge in [-0.2, -0.15) is 0 Å². The molecule has 0 radical (unpaired) electrons. The highest BCUT2D eigenvalue weighted by Crippen LogP contribution is 2.08. The highest BCUT2D eigenvalue weighted by Gasteiger charge is 2.16. The molecule has 1 saturated heterocycles. The van der Waals surface area contributed by atoms with E-state index < -0.39 is 0 Å². The molecule has 0 aromatic heterocycles. The molecule has 0 aromatic carbocycles. The third-order valence-electron chi connectivity index (χ3n) is 1.44. The number of amides is 1. The van der Waals surface area contributed by atoms with Gasteiger partial charge in [-0.1, -0.05) is 6.08 Å². The van der Waals surface area contributed by atoms with Crippen LogP contribution in [0, 0.1) is 0 Å². The zero-order valence-corrected chi connectivity index (χ0v) is 5.63. The largest absolute Gasteiger partial charge is 0.319 e. The van der Waals surface area contributed by atoms with Crippen LogP contribution in [0.3, 0.4) is 0 Å². The normalized spacial score (nSPS) is 20.1. The number of carbonyl (C=O) groups excluding carboxylic acids is 1. The maximum atomic E-state index is 10.8. The molecule has 2 nitrogen and oxygen atoms in total. The van der Waals surface area contributed by atoms with Gasteiger partial charge in [0.25, 0.3) is 0 Å². The Bertz CT molecular complexity index is 140. The van der Waals surface area contributed by atoms with Crippen LogP contribution in [0.2, 0.25) is 0 Å². The monoisotopic (exact) mass is 125 g/mol. The maximum absolute atomic E-state index is 10.8. The van der Waals surface area contributed by atoms with Crippen LogP contribution in [0.15, 0.2) is 12.3 Å². The van der Waals surface area contributed by atoms with Gasteiger partial charge in [-0.05, 0) is 13.3 Å². The van der Waals surface area contributed by atoms with Crippen molar-refractivity contribution < 1.29 is 4.79 Å². The summed E-state index contributed by atoms with van der Waals surface area (Å²) in [5.74, 6) is 0.258. The molecule has 1 amide bonds. The second-order valence-electron chi connectivity index (χ2n) is 2.17. The number of rotatable bonds is 1. The van der Waals surface area contributed by atoms with Gasteiger partial charge in [0.1, 0.15) is 0 Å². The Balaban J connectivity index is 2.49. The molecule has 0 saturated carbocycles. The topological polar surface area (TPSA) is 20.3 Å². The minimum atomic E-state index is 0.258. The van der Waals surface area contributed by atoms with E-state index in [2.05, 4.69) is 0 Å². The van der Waals surface area contributed by atoms with Gasteiger partial charge in [-0.25, -0.2) is 0 Å². The highest BCUT2D eigenvalue weighted by atomic mass is 16.2. The Morgan fingerprint density at radius 3 is 2.89 bits per heavy atom. The molecule has 1 heterocycles. The minimum Gasteiger partial charge on any atom is -0.319 e. The lowest BCUT2D eigenvalue weighted by Gasteiger charge is -2.06. The molecule has 1 aliphatic rings. The van der Waals surface area contributed by atoms with Crippen molar-refractivity contribution in [1.29, 1.82) is 0 Å². The molecule has 1 rings (SSSR count). The standard InChI is InChI=1S/C7H11NO/c1-2-5-8-6-3-4-7(8)9/h2,5H,3-4,6H2,1H3/b5-2-. The number of hydrogen-bond donors (Lipinski definition) is 0. The molecule has 1 aliphatic heterocycles. The van der Waals surface area contributed by atoms with Crippen LogP contribution >= 0.6 is 0 Å². The van der Waals surface area contributed by atoms with Crippen molar-refractivity contribution in [1.82, 2.24) is 4.90 Å². The fourth-order valence-electron chi connectivity index (χ4n) is 1.01. The molecule has 0 aliphatic carbocycles. The third-order valence-corrected chi connectivity index (χ3v) is 1.44. The van der Waals surface area contributed by atoms with Crippen molar-refractivity contribution in [2.45, 2.75) is 19.8 Å². The van der Waals surface area contributed by atoms with Crippen LogP contribution in [0.25, 0.3) is 0 Å². The van der Waals surface area contributed by atoms with E-state index in [9.17, 15) is 4.79 Å². The van der Waals surface area contributed by atoms with Crippen LogP contribution < -0.4 is 0 Å². The number of likely N-dealkylation sites (tertiary alicyclic amines) is 1. The molecule has 50 valence electrons. The summed E-state index contributed by atoms with van der Waals surface area (Å²) in [5.41, 5.74) is 0. The van der Waals surface area contributed by atoms with Crippen LogP contribution in [-0.4, -0.2) is 17.4 Å². The molecular weight excluding hydrogens is 114 g/mol. The SMILES string of the molecule is C/C=C\N1CCCC1=O. The van der Waals surface area contributed by atoms with E-state index in [1.165, 1.54) is 0 Å². The summed E-state index contributed by atoms with van der Waals surface area (Å²) in [4.78, 5) is 12.6. The van der Waals surface area contributed by atoms with Gasteiger partial charge in [-0.15, -0.1) is 0 Å². The predicted octanol–water partition coefficient (Wildman–Crippen LogP) is 1.14. The van der Waals surface area contributed by atoms with Gasteiger partial charge in [0.15, 0.2) is 0 Å². The molecule has 0 unspecified atom stereocenters. The number of hydrogen-bond acceptors (Lipinski definition) is 1. The van der Waals surface area contributed by atoms with E-state index in [0.717, 1.165) is 19.4 Å². The first kappa shape index (κ1) is 6.33. The first-order valence-corrected chi connectivity index (χ1v) is 3.27. The summed E-state index contributed by atoms with van der Waals surface area (Å²) >= 11 is 0. The molecule has 9 heavy (non-hydrogen) atoms. The Kier molecular flexibility index (Phi) is 1.88. The van der Waals surface area contributed by atoms with Gasteiger partial charge in [0, 0.05) is 19.2 Å². The third kappa shape index (κ3) is 1.31. The van der Waals surface area contributed by atoms with Gasteiger partial charge in [-0.3, -0.25) is 4.79 Å². The quantitative estimate of drug-likeness (QED) is 0.514. The van der Waals surface area contributed by atoms with E-state index >= 15 is 0 Å². The maximum Gasteiger partial charge on any atom is 0.226 e. The number of nitrogens with zero attached hydrogens (tertiary/aromatic N) is 1. The highest BCUT2D eigenvalue weighted by molar-refractivity contribution is 5.79. The Morgan fingerprint density at radius 2 is 2.44 bits per heavy atom. The molecule has 0 bridgehead atoms. The fraction of sp³-hybridized carbons (Fsp3) is 0.571. The minimum absolute atomic E-state index is 0.258.